The van der Waals surface area contributed by atoms with Gasteiger partial charge in [0.05, 0.1) is 75.7 Å². The average molecular weight is 850 g/mol. The number of Topliss-reactive ketones (excluding diaryl/α,β-unsaturated/α-hetero) is 1. The van der Waals surface area contributed by atoms with E-state index in [1.54, 1.807) is 20.8 Å². The number of ketones is 1. The van der Waals surface area contributed by atoms with E-state index in [0.717, 1.165) is 53.4 Å². The van der Waals surface area contributed by atoms with Crippen molar-refractivity contribution in [2.24, 2.45) is 29.6 Å². The molecule has 0 aliphatic heterocycles. The molecule has 7 atom stereocenters. The normalized spacial score (nSPS) is 14.5. The van der Waals surface area contributed by atoms with E-state index in [-0.39, 0.29) is 78.4 Å². The Morgan fingerprint density at radius 1 is 0.649 bits per heavy atom. The van der Waals surface area contributed by atoms with Crippen molar-refractivity contribution >= 4 is 33.7 Å². The largest absolute Gasteiger partial charge is 1.00 e. The molecule has 0 saturated carbocycles. The third-order valence-electron chi connectivity index (χ3n) is 10.9. The van der Waals surface area contributed by atoms with Gasteiger partial charge in [0.1, 0.15) is 5.78 Å². The Bertz CT molecular complexity index is 1120. The Morgan fingerprint density at radius 2 is 1.07 bits per heavy atom. The Hall–Kier alpha value is -1.09. The second-order valence-electron chi connectivity index (χ2n) is 16.1. The Morgan fingerprint density at radius 3 is 1.35 bits per heavy atom. The molecule has 0 heterocycles. The van der Waals surface area contributed by atoms with Gasteiger partial charge in [-0.05, 0) is 73.1 Å². The Kier molecular flexibility index (Phi) is 48.3. The van der Waals surface area contributed by atoms with Crippen LogP contribution in [-0.4, -0.2) is 118 Å². The van der Waals surface area contributed by atoms with E-state index in [1.807, 2.05) is 55.4 Å². The topological polar surface area (TPSA) is 159 Å². The zero-order valence-electron chi connectivity index (χ0n) is 41.4. The third kappa shape index (κ3) is 41.4. The first-order valence-corrected chi connectivity index (χ1v) is 22.5. The van der Waals surface area contributed by atoms with Crippen LogP contribution in [0.2, 0.25) is 0 Å². The fourth-order valence-electron chi connectivity index (χ4n) is 3.86. The van der Waals surface area contributed by atoms with Gasteiger partial charge < -0.3 is 36.3 Å². The molecular formula is C43H94N4NaO8S+. The number of nitrogens with zero attached hydrogens (tertiary/aromatic N) is 2. The van der Waals surface area contributed by atoms with Crippen LogP contribution in [0.3, 0.4) is 0 Å². The molecule has 14 heteroatoms. The first kappa shape index (κ1) is 70.5. The van der Waals surface area contributed by atoms with Crippen LogP contribution in [-0.2, 0) is 34.0 Å². The van der Waals surface area contributed by atoms with Gasteiger partial charge in [-0.3, -0.25) is 19.2 Å². The van der Waals surface area contributed by atoms with Gasteiger partial charge in [0.2, 0.25) is 11.8 Å². The molecular weight excluding hydrogens is 756 g/mol. The molecule has 57 heavy (non-hydrogen) atoms. The SMILES string of the molecule is CCC(C)C(=O)NC[N+](C)(C)CC.CCC(C)C(C)=O.CCC(C)C(C)[N+](C)(C)CC.CCC(CS(=O)(=O)[O-])NC(=O)C(C)CC.CCOC(=O)C(C)CC.[CH3-].[Na+]. The summed E-state index contributed by atoms with van der Waals surface area (Å²) in [5, 5.41) is 5.51. The number of hydrogen-bond acceptors (Lipinski definition) is 8. The number of rotatable bonds is 20. The maximum absolute atomic E-state index is 11.4. The fourth-order valence-corrected chi connectivity index (χ4v) is 4.67. The molecule has 0 spiro atoms. The van der Waals surface area contributed by atoms with Gasteiger partial charge in [0.15, 0.2) is 6.67 Å². The first-order valence-electron chi connectivity index (χ1n) is 20.9. The summed E-state index contributed by atoms with van der Waals surface area (Å²) in [6, 6.07) is 0.207. The first-order chi connectivity index (χ1) is 25.1. The number of esters is 1. The van der Waals surface area contributed by atoms with Gasteiger partial charge in [-0.15, -0.1) is 0 Å². The predicted molar refractivity (Wildman–Crippen MR) is 236 cm³/mol. The van der Waals surface area contributed by atoms with E-state index < -0.39 is 21.9 Å². The molecule has 0 aliphatic carbocycles. The quantitative estimate of drug-likeness (QED) is 0.0439. The van der Waals surface area contributed by atoms with Crippen molar-refractivity contribution < 1.29 is 75.4 Å². The zero-order valence-corrected chi connectivity index (χ0v) is 44.2. The fraction of sp³-hybridized carbons (Fsp3) is 0.884. The summed E-state index contributed by atoms with van der Waals surface area (Å²) in [6.45, 7) is 35.4. The summed E-state index contributed by atoms with van der Waals surface area (Å²) < 4.78 is 38.3. The summed E-state index contributed by atoms with van der Waals surface area (Å²) in [7, 11) is 4.57. The zero-order chi connectivity index (χ0) is 44.8. The Balaban J connectivity index is -0.000000111. The van der Waals surface area contributed by atoms with E-state index in [9.17, 15) is 32.1 Å². The van der Waals surface area contributed by atoms with Crippen molar-refractivity contribution in [2.45, 2.75) is 161 Å². The molecule has 0 aliphatic rings. The van der Waals surface area contributed by atoms with Crippen molar-refractivity contribution in [3.63, 3.8) is 0 Å². The molecule has 2 amide bonds. The van der Waals surface area contributed by atoms with Crippen molar-refractivity contribution in [3.05, 3.63) is 7.43 Å². The number of carbonyl (C=O) groups is 4. The minimum atomic E-state index is -4.28. The molecule has 0 aromatic heterocycles. The molecule has 2 N–H and O–H groups in total. The van der Waals surface area contributed by atoms with Crippen LogP contribution >= 0.6 is 0 Å². The minimum absolute atomic E-state index is 0. The summed E-state index contributed by atoms with van der Waals surface area (Å²) in [4.78, 5) is 44.0. The van der Waals surface area contributed by atoms with Crippen molar-refractivity contribution in [1.29, 1.82) is 0 Å². The third-order valence-corrected chi connectivity index (χ3v) is 11.7. The van der Waals surface area contributed by atoms with Crippen molar-refractivity contribution in [1.82, 2.24) is 10.6 Å². The number of carbonyl (C=O) groups excluding carboxylic acids is 4. The van der Waals surface area contributed by atoms with E-state index in [2.05, 4.69) is 73.4 Å². The molecule has 0 fully saturated rings. The molecule has 0 aromatic rings. The van der Waals surface area contributed by atoms with Crippen molar-refractivity contribution in [2.75, 3.05) is 60.3 Å². The van der Waals surface area contributed by atoms with E-state index in [4.69, 9.17) is 4.74 Å². The monoisotopic (exact) mass is 850 g/mol. The molecule has 340 valence electrons. The maximum Gasteiger partial charge on any atom is 1.00 e. The molecule has 7 unspecified atom stereocenters. The van der Waals surface area contributed by atoms with Crippen LogP contribution in [0.15, 0.2) is 0 Å². The van der Waals surface area contributed by atoms with Gasteiger partial charge in [-0.1, -0.05) is 76.2 Å². The van der Waals surface area contributed by atoms with Crippen LogP contribution in [0, 0.1) is 37.0 Å². The van der Waals surface area contributed by atoms with E-state index in [0.29, 0.717) is 25.2 Å². The number of hydrogen-bond donors (Lipinski definition) is 2. The summed E-state index contributed by atoms with van der Waals surface area (Å²) >= 11 is 0. The molecule has 0 rings (SSSR count). The second-order valence-corrected chi connectivity index (χ2v) is 17.6. The number of quaternary nitrogens is 2. The molecule has 0 aromatic carbocycles. The molecule has 0 radical (unpaired) electrons. The van der Waals surface area contributed by atoms with Gasteiger partial charge in [0, 0.05) is 29.7 Å². The van der Waals surface area contributed by atoms with Crippen LogP contribution in [0.25, 0.3) is 0 Å². The minimum Gasteiger partial charge on any atom is -0.748 e. The van der Waals surface area contributed by atoms with Gasteiger partial charge in [0.25, 0.3) is 0 Å². The van der Waals surface area contributed by atoms with Crippen LogP contribution in [0.1, 0.15) is 149 Å². The summed E-state index contributed by atoms with van der Waals surface area (Å²) in [5.74, 6) is 0.781. The molecule has 12 nitrogen and oxygen atoms in total. The van der Waals surface area contributed by atoms with E-state index in [1.165, 1.54) is 13.0 Å². The molecule has 0 bridgehead atoms. The maximum atomic E-state index is 11.4. The molecule has 0 saturated heterocycles. The Labute approximate surface area is 376 Å². The average Bonchev–Trinajstić information content (AvgIpc) is 3.14. The smallest absolute Gasteiger partial charge is 0.748 e. The van der Waals surface area contributed by atoms with Crippen LogP contribution in [0.5, 0.6) is 0 Å². The van der Waals surface area contributed by atoms with Crippen LogP contribution in [0.4, 0.5) is 0 Å². The summed E-state index contributed by atoms with van der Waals surface area (Å²) in [5.41, 5.74) is 0. The number of nitrogens with one attached hydrogen (secondary N) is 2. The number of amides is 2. The predicted octanol–water partition coefficient (Wildman–Crippen LogP) is 4.86. The summed E-state index contributed by atoms with van der Waals surface area (Å²) in [6.07, 6.45) is 5.15. The number of ether oxygens (including phenoxy) is 1. The van der Waals surface area contributed by atoms with Crippen molar-refractivity contribution in [3.8, 4) is 0 Å². The van der Waals surface area contributed by atoms with Crippen LogP contribution < -0.4 is 40.2 Å². The van der Waals surface area contributed by atoms with E-state index >= 15 is 0 Å². The van der Waals surface area contributed by atoms with Gasteiger partial charge in [-0.25, -0.2) is 8.42 Å². The standard InChI is InChI=1S/C10H22N2O.C10H24N.C9H19NO4S.C7H14O2.C6H12O.CH3.Na/c1-6-9(3)10(13)11-8-12(4,5)7-2;1-7-9(3)10(4)11(5,6)8-2;1-4-7(3)9(11)10-8(5-2)6-15(12,13)14;1-4-6(3)7(8)9-5-2;1-4-5(2)6(3)7;;/h9H,6-8H2,1-5H3;9-10H,7-8H2,1-6H3;7-8H,4-6H2,1-3H3,(H,10,11)(H,12,13,14);6H,4-5H2,1-3H3;5H,4H2,1-3H3;1H3;/q;+1;;;;-1;+1. The van der Waals surface area contributed by atoms with Gasteiger partial charge >= 0.3 is 35.5 Å². The van der Waals surface area contributed by atoms with Gasteiger partial charge in [-0.2, -0.15) is 0 Å². The second kappa shape index (κ2) is 39.1.